The standard InChI is InChI=1S/C12H13N5S/c1-9-15-10(8-18-9)2-5-13-11-4-7-17-12(16-11)3-6-14-17/h3-4,6-8H,2,5H2,1H3,(H,13,16). The number of rotatable bonds is 4. The second-order valence-electron chi connectivity index (χ2n) is 3.98. The molecule has 92 valence electrons. The van der Waals surface area contributed by atoms with Crippen LogP contribution in [0.25, 0.3) is 5.65 Å². The van der Waals surface area contributed by atoms with E-state index in [0.29, 0.717) is 0 Å². The summed E-state index contributed by atoms with van der Waals surface area (Å²) in [4.78, 5) is 8.87. The fourth-order valence-electron chi connectivity index (χ4n) is 1.75. The first-order chi connectivity index (χ1) is 8.81. The number of hydrogen-bond donors (Lipinski definition) is 1. The maximum Gasteiger partial charge on any atom is 0.157 e. The molecule has 3 rings (SSSR count). The van der Waals surface area contributed by atoms with Gasteiger partial charge in [0.1, 0.15) is 5.82 Å². The molecule has 3 aromatic rings. The van der Waals surface area contributed by atoms with Crippen molar-refractivity contribution in [3.8, 4) is 0 Å². The van der Waals surface area contributed by atoms with Gasteiger partial charge in [0.15, 0.2) is 5.65 Å². The van der Waals surface area contributed by atoms with Crippen LogP contribution in [-0.2, 0) is 6.42 Å². The van der Waals surface area contributed by atoms with Crippen molar-refractivity contribution in [2.45, 2.75) is 13.3 Å². The molecule has 0 saturated heterocycles. The lowest BCUT2D eigenvalue weighted by atomic mass is 10.3. The van der Waals surface area contributed by atoms with Crippen LogP contribution in [0.3, 0.4) is 0 Å². The third-order valence-corrected chi connectivity index (χ3v) is 3.43. The van der Waals surface area contributed by atoms with Crippen LogP contribution in [0.15, 0.2) is 29.9 Å². The molecule has 0 atom stereocenters. The fourth-order valence-corrected chi connectivity index (χ4v) is 2.40. The van der Waals surface area contributed by atoms with E-state index in [1.807, 2.05) is 25.3 Å². The number of fused-ring (bicyclic) bond motifs is 1. The third-order valence-electron chi connectivity index (χ3n) is 2.61. The van der Waals surface area contributed by atoms with E-state index >= 15 is 0 Å². The smallest absolute Gasteiger partial charge is 0.157 e. The van der Waals surface area contributed by atoms with E-state index in [0.717, 1.165) is 35.1 Å². The Morgan fingerprint density at radius 1 is 1.33 bits per heavy atom. The molecule has 0 aliphatic rings. The maximum absolute atomic E-state index is 4.44. The van der Waals surface area contributed by atoms with E-state index in [4.69, 9.17) is 0 Å². The molecule has 0 amide bonds. The lowest BCUT2D eigenvalue weighted by molar-refractivity contribution is 0.926. The Hall–Kier alpha value is -1.95. The number of nitrogens with zero attached hydrogens (tertiary/aromatic N) is 4. The number of aromatic nitrogens is 4. The molecule has 0 bridgehead atoms. The minimum Gasteiger partial charge on any atom is -0.370 e. The van der Waals surface area contributed by atoms with Gasteiger partial charge in [-0.15, -0.1) is 11.3 Å². The SMILES string of the molecule is Cc1nc(CCNc2ccn3nccc3n2)cs1. The highest BCUT2D eigenvalue weighted by Gasteiger charge is 2.00. The van der Waals surface area contributed by atoms with E-state index in [1.54, 1.807) is 22.0 Å². The third kappa shape index (κ3) is 2.33. The Bertz CT molecular complexity index is 657. The molecular weight excluding hydrogens is 246 g/mol. The molecule has 18 heavy (non-hydrogen) atoms. The topological polar surface area (TPSA) is 55.1 Å². The summed E-state index contributed by atoms with van der Waals surface area (Å²) in [6, 6.07) is 3.81. The average molecular weight is 259 g/mol. The molecule has 3 heterocycles. The Kier molecular flexibility index (Phi) is 2.93. The van der Waals surface area contributed by atoms with Gasteiger partial charge >= 0.3 is 0 Å². The summed E-state index contributed by atoms with van der Waals surface area (Å²) < 4.78 is 1.75. The summed E-state index contributed by atoms with van der Waals surface area (Å²) in [6.45, 7) is 2.86. The van der Waals surface area contributed by atoms with Crippen molar-refractivity contribution in [2.75, 3.05) is 11.9 Å². The minimum absolute atomic E-state index is 0.834. The first-order valence-electron chi connectivity index (χ1n) is 5.76. The normalized spacial score (nSPS) is 10.9. The van der Waals surface area contributed by atoms with Gasteiger partial charge in [-0.3, -0.25) is 0 Å². The summed E-state index contributed by atoms with van der Waals surface area (Å²) >= 11 is 1.69. The van der Waals surface area contributed by atoms with Crippen molar-refractivity contribution in [3.63, 3.8) is 0 Å². The zero-order valence-electron chi connectivity index (χ0n) is 10.00. The van der Waals surface area contributed by atoms with Gasteiger partial charge in [0.25, 0.3) is 0 Å². The Morgan fingerprint density at radius 2 is 2.28 bits per heavy atom. The molecule has 0 fully saturated rings. The number of nitrogens with one attached hydrogen (secondary N) is 1. The van der Waals surface area contributed by atoms with Crippen molar-refractivity contribution in [3.05, 3.63) is 40.6 Å². The van der Waals surface area contributed by atoms with Crippen molar-refractivity contribution >= 4 is 22.8 Å². The summed E-state index contributed by atoms with van der Waals surface area (Å²) in [5, 5.41) is 10.6. The Balaban J connectivity index is 1.62. The lowest BCUT2D eigenvalue weighted by Crippen LogP contribution is -2.07. The van der Waals surface area contributed by atoms with E-state index in [9.17, 15) is 0 Å². The van der Waals surface area contributed by atoms with Crippen LogP contribution in [-0.4, -0.2) is 26.1 Å². The highest BCUT2D eigenvalue weighted by Crippen LogP contribution is 2.09. The van der Waals surface area contributed by atoms with Gasteiger partial charge in [-0.25, -0.2) is 14.5 Å². The van der Waals surface area contributed by atoms with Crippen LogP contribution in [0.2, 0.25) is 0 Å². The van der Waals surface area contributed by atoms with Crippen LogP contribution in [0.5, 0.6) is 0 Å². The number of thiazole rings is 1. The van der Waals surface area contributed by atoms with E-state index in [-0.39, 0.29) is 0 Å². The number of hydrogen-bond acceptors (Lipinski definition) is 5. The van der Waals surface area contributed by atoms with Crippen LogP contribution < -0.4 is 5.32 Å². The minimum atomic E-state index is 0.834. The van der Waals surface area contributed by atoms with Gasteiger partial charge in [-0.2, -0.15) is 5.10 Å². The first-order valence-corrected chi connectivity index (χ1v) is 6.64. The Morgan fingerprint density at radius 3 is 3.11 bits per heavy atom. The number of anilines is 1. The summed E-state index contributed by atoms with van der Waals surface area (Å²) in [7, 11) is 0. The summed E-state index contributed by atoms with van der Waals surface area (Å²) in [5.74, 6) is 0.870. The molecule has 0 saturated carbocycles. The molecule has 0 radical (unpaired) electrons. The molecular formula is C12H13N5S. The van der Waals surface area contributed by atoms with Crippen molar-refractivity contribution < 1.29 is 0 Å². The van der Waals surface area contributed by atoms with Crippen LogP contribution in [0.4, 0.5) is 5.82 Å². The van der Waals surface area contributed by atoms with Crippen molar-refractivity contribution in [1.82, 2.24) is 19.6 Å². The van der Waals surface area contributed by atoms with Gasteiger partial charge < -0.3 is 5.32 Å². The van der Waals surface area contributed by atoms with Crippen LogP contribution in [0, 0.1) is 6.92 Å². The maximum atomic E-state index is 4.44. The van der Waals surface area contributed by atoms with Crippen LogP contribution in [0.1, 0.15) is 10.7 Å². The van der Waals surface area contributed by atoms with Crippen molar-refractivity contribution in [1.29, 1.82) is 0 Å². The van der Waals surface area contributed by atoms with Gasteiger partial charge in [0.2, 0.25) is 0 Å². The predicted molar refractivity (Wildman–Crippen MR) is 72.0 cm³/mol. The van der Waals surface area contributed by atoms with Gasteiger partial charge in [0, 0.05) is 30.6 Å². The van der Waals surface area contributed by atoms with Crippen LogP contribution >= 0.6 is 11.3 Å². The highest BCUT2D eigenvalue weighted by molar-refractivity contribution is 7.09. The van der Waals surface area contributed by atoms with Gasteiger partial charge in [-0.05, 0) is 13.0 Å². The molecule has 5 nitrogen and oxygen atoms in total. The van der Waals surface area contributed by atoms with Gasteiger partial charge in [0.05, 0.1) is 16.9 Å². The monoisotopic (exact) mass is 259 g/mol. The van der Waals surface area contributed by atoms with E-state index in [1.165, 1.54) is 0 Å². The largest absolute Gasteiger partial charge is 0.370 e. The molecule has 0 spiro atoms. The molecule has 3 aromatic heterocycles. The van der Waals surface area contributed by atoms with E-state index in [2.05, 4.69) is 25.8 Å². The zero-order chi connectivity index (χ0) is 12.4. The molecule has 0 aliphatic heterocycles. The van der Waals surface area contributed by atoms with Gasteiger partial charge in [-0.1, -0.05) is 0 Å². The second kappa shape index (κ2) is 4.73. The molecule has 0 unspecified atom stereocenters. The second-order valence-corrected chi connectivity index (χ2v) is 5.04. The quantitative estimate of drug-likeness (QED) is 0.780. The Labute approximate surface area is 109 Å². The molecule has 0 aliphatic carbocycles. The summed E-state index contributed by atoms with van der Waals surface area (Å²) in [6.07, 6.45) is 4.55. The van der Waals surface area contributed by atoms with E-state index < -0.39 is 0 Å². The van der Waals surface area contributed by atoms with Crippen molar-refractivity contribution in [2.24, 2.45) is 0 Å². The first kappa shape index (κ1) is 11.2. The summed E-state index contributed by atoms with van der Waals surface area (Å²) in [5.41, 5.74) is 1.99. The highest BCUT2D eigenvalue weighted by atomic mass is 32.1. The predicted octanol–water partition coefficient (Wildman–Crippen LogP) is 2.15. The zero-order valence-corrected chi connectivity index (χ0v) is 10.8. The number of aryl methyl sites for hydroxylation is 1. The molecule has 0 aromatic carbocycles. The fraction of sp³-hybridized carbons (Fsp3) is 0.250. The molecule has 6 heteroatoms. The average Bonchev–Trinajstić information content (AvgIpc) is 2.97. The molecule has 1 N–H and O–H groups in total. The lowest BCUT2D eigenvalue weighted by Gasteiger charge is -2.04.